The van der Waals surface area contributed by atoms with Crippen molar-refractivity contribution in [3.63, 3.8) is 0 Å². The van der Waals surface area contributed by atoms with Crippen molar-refractivity contribution in [3.05, 3.63) is 29.6 Å². The first-order chi connectivity index (χ1) is 11.5. The number of hydrogen-bond donors (Lipinski definition) is 1. The molecule has 5 nitrogen and oxygen atoms in total. The first-order valence-corrected chi connectivity index (χ1v) is 8.66. The second kappa shape index (κ2) is 6.01. The summed E-state index contributed by atoms with van der Waals surface area (Å²) in [5, 5.41) is 2.91. The molecule has 1 aromatic carbocycles. The molecule has 0 unspecified atom stereocenters. The lowest BCUT2D eigenvalue weighted by atomic mass is 9.99. The minimum atomic E-state index is -0.378. The fraction of sp³-hybridized carbons (Fsp3) is 0.611. The molecule has 1 aromatic rings. The Labute approximate surface area is 141 Å². The van der Waals surface area contributed by atoms with E-state index in [1.807, 2.05) is 6.92 Å². The Morgan fingerprint density at radius 2 is 2.25 bits per heavy atom. The summed E-state index contributed by atoms with van der Waals surface area (Å²) >= 11 is 0. The summed E-state index contributed by atoms with van der Waals surface area (Å²) in [6.45, 7) is 4.25. The van der Waals surface area contributed by atoms with Crippen LogP contribution >= 0.6 is 0 Å². The Morgan fingerprint density at radius 1 is 1.42 bits per heavy atom. The van der Waals surface area contributed by atoms with Gasteiger partial charge in [0.15, 0.2) is 0 Å². The van der Waals surface area contributed by atoms with Crippen LogP contribution in [-0.4, -0.2) is 48.9 Å². The van der Waals surface area contributed by atoms with Gasteiger partial charge < -0.3 is 19.7 Å². The van der Waals surface area contributed by atoms with Crippen LogP contribution in [0.2, 0.25) is 0 Å². The maximum atomic E-state index is 13.9. The van der Waals surface area contributed by atoms with Crippen LogP contribution in [0.1, 0.15) is 37.7 Å². The highest BCUT2D eigenvalue weighted by molar-refractivity contribution is 5.89. The van der Waals surface area contributed by atoms with Gasteiger partial charge in [-0.15, -0.1) is 0 Å². The zero-order chi connectivity index (χ0) is 16.7. The summed E-state index contributed by atoms with van der Waals surface area (Å²) in [7, 11) is 0. The van der Waals surface area contributed by atoms with E-state index in [-0.39, 0.29) is 23.6 Å². The molecule has 2 amide bonds. The molecule has 2 atom stereocenters. The molecule has 24 heavy (non-hydrogen) atoms. The Morgan fingerprint density at radius 3 is 2.96 bits per heavy atom. The predicted molar refractivity (Wildman–Crippen MR) is 87.7 cm³/mol. The van der Waals surface area contributed by atoms with Crippen molar-refractivity contribution in [1.29, 1.82) is 0 Å². The van der Waals surface area contributed by atoms with Gasteiger partial charge in [0.25, 0.3) is 0 Å². The predicted octanol–water partition coefficient (Wildman–Crippen LogP) is 3.11. The number of rotatable bonds is 2. The second-order valence-electron chi connectivity index (χ2n) is 7.24. The maximum Gasteiger partial charge on any atom is 0.322 e. The number of halogens is 1. The van der Waals surface area contributed by atoms with E-state index in [1.165, 1.54) is 6.07 Å². The Bertz CT molecular complexity index is 641. The number of amides is 2. The summed E-state index contributed by atoms with van der Waals surface area (Å²) in [5.41, 5.74) is 0.986. The SMILES string of the molecule is C[C@@H]1CN(C(=O)Nc2ccc(F)c(C3CC3)c2)C[C@@]2(CCOC2)O1. The third-order valence-electron chi connectivity index (χ3n) is 5.03. The number of urea groups is 1. The molecule has 3 aliphatic rings. The van der Waals surface area contributed by atoms with Gasteiger partial charge in [0, 0.05) is 25.3 Å². The minimum absolute atomic E-state index is 0.0264. The normalized spacial score (nSPS) is 29.9. The van der Waals surface area contributed by atoms with E-state index < -0.39 is 0 Å². The average Bonchev–Trinajstić information content (AvgIpc) is 3.30. The summed E-state index contributed by atoms with van der Waals surface area (Å²) in [6, 6.07) is 4.67. The summed E-state index contributed by atoms with van der Waals surface area (Å²) in [4.78, 5) is 14.4. The van der Waals surface area contributed by atoms with Crippen LogP contribution in [0.4, 0.5) is 14.9 Å². The number of ether oxygens (including phenoxy) is 2. The molecule has 4 rings (SSSR count). The maximum absolute atomic E-state index is 13.9. The van der Waals surface area contributed by atoms with Crippen molar-refractivity contribution in [3.8, 4) is 0 Å². The molecule has 0 radical (unpaired) electrons. The molecular formula is C18H23FN2O3. The Kier molecular flexibility index (Phi) is 3.96. The first-order valence-electron chi connectivity index (χ1n) is 8.66. The van der Waals surface area contributed by atoms with Gasteiger partial charge in [-0.25, -0.2) is 9.18 Å². The molecule has 2 heterocycles. The van der Waals surface area contributed by atoms with Gasteiger partial charge in [0.2, 0.25) is 0 Å². The topological polar surface area (TPSA) is 50.8 Å². The molecule has 1 spiro atoms. The molecule has 2 aliphatic heterocycles. The highest BCUT2D eigenvalue weighted by atomic mass is 19.1. The van der Waals surface area contributed by atoms with Gasteiger partial charge in [-0.05, 0) is 49.4 Å². The van der Waals surface area contributed by atoms with E-state index in [4.69, 9.17) is 9.47 Å². The summed E-state index contributed by atoms with van der Waals surface area (Å²) < 4.78 is 25.4. The van der Waals surface area contributed by atoms with Gasteiger partial charge in [-0.2, -0.15) is 0 Å². The summed E-state index contributed by atoms with van der Waals surface area (Å²) in [6.07, 6.45) is 2.83. The molecule has 130 valence electrons. The smallest absolute Gasteiger partial charge is 0.322 e. The van der Waals surface area contributed by atoms with Crippen LogP contribution < -0.4 is 5.32 Å². The lowest BCUT2D eigenvalue weighted by Crippen LogP contribution is -2.57. The van der Waals surface area contributed by atoms with Crippen LogP contribution in [0.15, 0.2) is 18.2 Å². The molecule has 0 aromatic heterocycles. The quantitative estimate of drug-likeness (QED) is 0.904. The molecule has 1 N–H and O–H groups in total. The summed E-state index contributed by atoms with van der Waals surface area (Å²) in [5.74, 6) is 0.127. The zero-order valence-electron chi connectivity index (χ0n) is 13.9. The number of anilines is 1. The lowest BCUT2D eigenvalue weighted by molar-refractivity contribution is -0.136. The third kappa shape index (κ3) is 3.13. The molecular weight excluding hydrogens is 311 g/mol. The van der Waals surface area contributed by atoms with E-state index in [2.05, 4.69) is 5.32 Å². The monoisotopic (exact) mass is 334 g/mol. The van der Waals surface area contributed by atoms with E-state index >= 15 is 0 Å². The molecule has 1 saturated carbocycles. The van der Waals surface area contributed by atoms with Crippen molar-refractivity contribution in [1.82, 2.24) is 4.90 Å². The number of nitrogens with one attached hydrogen (secondary N) is 1. The highest BCUT2D eigenvalue weighted by Crippen LogP contribution is 2.42. The number of carbonyl (C=O) groups excluding carboxylic acids is 1. The van der Waals surface area contributed by atoms with E-state index in [0.717, 1.165) is 19.3 Å². The Hall–Kier alpha value is -1.66. The van der Waals surface area contributed by atoms with E-state index in [0.29, 0.717) is 43.5 Å². The molecule has 1 aliphatic carbocycles. The fourth-order valence-corrected chi connectivity index (χ4v) is 3.72. The Balaban J connectivity index is 1.46. The average molecular weight is 334 g/mol. The van der Waals surface area contributed by atoms with Gasteiger partial charge in [0.1, 0.15) is 11.4 Å². The minimum Gasteiger partial charge on any atom is -0.378 e. The van der Waals surface area contributed by atoms with Crippen molar-refractivity contribution in [2.75, 3.05) is 31.6 Å². The van der Waals surface area contributed by atoms with Crippen molar-refractivity contribution in [2.45, 2.75) is 43.8 Å². The number of hydrogen-bond acceptors (Lipinski definition) is 3. The molecule has 6 heteroatoms. The largest absolute Gasteiger partial charge is 0.378 e. The number of carbonyl (C=O) groups is 1. The van der Waals surface area contributed by atoms with Gasteiger partial charge in [-0.3, -0.25) is 0 Å². The van der Waals surface area contributed by atoms with Gasteiger partial charge >= 0.3 is 6.03 Å². The first kappa shape index (κ1) is 15.8. The van der Waals surface area contributed by atoms with Crippen LogP contribution in [-0.2, 0) is 9.47 Å². The van der Waals surface area contributed by atoms with Crippen LogP contribution in [0.5, 0.6) is 0 Å². The number of nitrogens with zero attached hydrogens (tertiary/aromatic N) is 1. The third-order valence-corrected chi connectivity index (χ3v) is 5.03. The van der Waals surface area contributed by atoms with Crippen molar-refractivity contribution >= 4 is 11.7 Å². The highest BCUT2D eigenvalue weighted by Gasteiger charge is 2.44. The van der Waals surface area contributed by atoms with E-state index in [9.17, 15) is 9.18 Å². The molecule has 2 saturated heterocycles. The van der Waals surface area contributed by atoms with Gasteiger partial charge in [-0.1, -0.05) is 0 Å². The lowest BCUT2D eigenvalue weighted by Gasteiger charge is -2.42. The second-order valence-corrected chi connectivity index (χ2v) is 7.24. The van der Waals surface area contributed by atoms with Crippen LogP contribution in [0.25, 0.3) is 0 Å². The van der Waals surface area contributed by atoms with E-state index in [1.54, 1.807) is 17.0 Å². The zero-order valence-corrected chi connectivity index (χ0v) is 13.9. The number of benzene rings is 1. The molecule has 3 fully saturated rings. The van der Waals surface area contributed by atoms with Crippen molar-refractivity contribution in [2.24, 2.45) is 0 Å². The van der Waals surface area contributed by atoms with Crippen LogP contribution in [0, 0.1) is 5.82 Å². The van der Waals surface area contributed by atoms with Gasteiger partial charge in [0.05, 0.1) is 19.3 Å². The standard InChI is InChI=1S/C18H23FN2O3/c1-12-9-21(10-18(24-12)6-7-23-11-18)17(22)20-14-4-5-16(19)15(8-14)13-2-3-13/h4-5,8,12-13H,2-3,6-7,9-11H2,1H3,(H,20,22)/t12-,18-/m1/s1. The van der Waals surface area contributed by atoms with Crippen molar-refractivity contribution < 1.29 is 18.7 Å². The fourth-order valence-electron chi connectivity index (χ4n) is 3.72. The van der Waals surface area contributed by atoms with Crippen LogP contribution in [0.3, 0.4) is 0 Å². The number of morpholine rings is 1. The molecule has 0 bridgehead atoms.